The maximum absolute atomic E-state index is 12.5. The first-order valence-electron chi connectivity index (χ1n) is 8.81. The quantitative estimate of drug-likeness (QED) is 0.434. The number of carbonyl (C=O) groups is 3. The first-order chi connectivity index (χ1) is 13.8. The summed E-state index contributed by atoms with van der Waals surface area (Å²) in [4.78, 5) is 36.6. The second-order valence-electron chi connectivity index (χ2n) is 6.02. The average Bonchev–Trinajstić information content (AvgIpc) is 2.70. The number of hydrogen-bond acceptors (Lipinski definition) is 5. The Morgan fingerprint density at radius 1 is 1.14 bits per heavy atom. The topological polar surface area (TPSA) is 105 Å². The van der Waals surface area contributed by atoms with Gasteiger partial charge in [0.1, 0.15) is 11.4 Å². The summed E-state index contributed by atoms with van der Waals surface area (Å²) < 4.78 is 5.05. The van der Waals surface area contributed by atoms with Gasteiger partial charge in [-0.05, 0) is 58.2 Å². The molecule has 0 spiro atoms. The highest BCUT2D eigenvalue weighted by Gasteiger charge is 2.17. The van der Waals surface area contributed by atoms with E-state index in [1.807, 2.05) is 6.92 Å². The number of benzene rings is 2. The van der Waals surface area contributed by atoms with Gasteiger partial charge < -0.3 is 20.5 Å². The molecule has 0 fully saturated rings. The molecule has 8 heteroatoms. The molecule has 0 saturated carbocycles. The Hall–Kier alpha value is -3.13. The molecule has 0 aromatic heterocycles. The summed E-state index contributed by atoms with van der Waals surface area (Å²) in [6.45, 7) is 2.08. The van der Waals surface area contributed by atoms with E-state index in [1.165, 1.54) is 25.3 Å². The van der Waals surface area contributed by atoms with E-state index in [0.717, 1.165) is 5.56 Å². The number of amides is 2. The Morgan fingerprint density at radius 3 is 2.52 bits per heavy atom. The first-order valence-corrected chi connectivity index (χ1v) is 9.60. The molecule has 2 aromatic rings. The van der Waals surface area contributed by atoms with Crippen LogP contribution in [0.1, 0.15) is 39.6 Å². The smallest absolute Gasteiger partial charge is 0.354 e. The van der Waals surface area contributed by atoms with E-state index < -0.39 is 11.9 Å². The lowest BCUT2D eigenvalue weighted by atomic mass is 10.1. The number of ether oxygens (including phenoxy) is 1. The van der Waals surface area contributed by atoms with Gasteiger partial charge in [0.2, 0.25) is 0 Å². The fraction of sp³-hybridized carbons (Fsp3) is 0.190. The van der Waals surface area contributed by atoms with E-state index in [1.54, 1.807) is 30.3 Å². The Morgan fingerprint density at radius 2 is 1.90 bits per heavy atom. The Bertz CT molecular complexity index is 956. The summed E-state index contributed by atoms with van der Waals surface area (Å²) in [5, 5.41) is 14.7. The van der Waals surface area contributed by atoms with E-state index in [9.17, 15) is 19.5 Å². The van der Waals surface area contributed by atoms with Crippen molar-refractivity contribution in [3.63, 3.8) is 0 Å². The van der Waals surface area contributed by atoms with Crippen molar-refractivity contribution in [3.05, 3.63) is 75.4 Å². The Kier molecular flexibility index (Phi) is 7.97. The highest BCUT2D eigenvalue weighted by molar-refractivity contribution is 9.10. The lowest BCUT2D eigenvalue weighted by Gasteiger charge is -2.11. The molecule has 0 atom stereocenters. The van der Waals surface area contributed by atoms with Gasteiger partial charge in [0.25, 0.3) is 11.8 Å². The number of phenolic OH excluding ortho intramolecular Hbond substituents is 1. The number of carbonyl (C=O) groups excluding carboxylic acids is 3. The minimum atomic E-state index is -0.640. The molecule has 2 amide bonds. The monoisotopic (exact) mass is 460 g/mol. The van der Waals surface area contributed by atoms with E-state index in [4.69, 9.17) is 0 Å². The molecule has 2 rings (SSSR count). The number of methoxy groups -OCH3 is 1. The molecule has 7 nitrogen and oxygen atoms in total. The van der Waals surface area contributed by atoms with Gasteiger partial charge in [-0.1, -0.05) is 25.1 Å². The summed E-state index contributed by atoms with van der Waals surface area (Å²) in [6.07, 6.45) is 2.10. The summed E-state index contributed by atoms with van der Waals surface area (Å²) in [6, 6.07) is 11.1. The molecule has 152 valence electrons. The average molecular weight is 461 g/mol. The van der Waals surface area contributed by atoms with Crippen LogP contribution in [0.5, 0.6) is 5.75 Å². The third-order valence-electron chi connectivity index (χ3n) is 3.90. The van der Waals surface area contributed by atoms with Gasteiger partial charge in [-0.15, -0.1) is 0 Å². The van der Waals surface area contributed by atoms with Crippen LogP contribution in [0.2, 0.25) is 0 Å². The van der Waals surface area contributed by atoms with Gasteiger partial charge in [-0.2, -0.15) is 0 Å². The van der Waals surface area contributed by atoms with Crippen molar-refractivity contribution >= 4 is 33.7 Å². The van der Waals surface area contributed by atoms with Crippen molar-refractivity contribution in [3.8, 4) is 5.75 Å². The normalized spacial score (nSPS) is 10.9. The zero-order chi connectivity index (χ0) is 21.4. The number of esters is 1. The van der Waals surface area contributed by atoms with Crippen molar-refractivity contribution < 1.29 is 24.2 Å². The number of aromatic hydroxyl groups is 1. The van der Waals surface area contributed by atoms with Crippen LogP contribution in [0.4, 0.5) is 0 Å². The second-order valence-corrected chi connectivity index (χ2v) is 6.87. The van der Waals surface area contributed by atoms with Gasteiger partial charge in [0.05, 0.1) is 12.7 Å². The predicted octanol–water partition coefficient (Wildman–Crippen LogP) is 3.28. The van der Waals surface area contributed by atoms with Crippen LogP contribution >= 0.6 is 15.9 Å². The fourth-order valence-electron chi connectivity index (χ4n) is 2.48. The Balaban J connectivity index is 2.08. The molecular weight excluding hydrogens is 440 g/mol. The lowest BCUT2D eigenvalue weighted by Crippen LogP contribution is -2.28. The number of hydrogen-bond donors (Lipinski definition) is 3. The van der Waals surface area contributed by atoms with Crippen LogP contribution in [-0.2, 0) is 16.1 Å². The van der Waals surface area contributed by atoms with Gasteiger partial charge in [-0.25, -0.2) is 4.79 Å². The highest BCUT2D eigenvalue weighted by atomic mass is 79.9. The molecule has 2 aromatic carbocycles. The summed E-state index contributed by atoms with van der Waals surface area (Å²) >= 11 is 3.30. The summed E-state index contributed by atoms with van der Waals surface area (Å²) in [5.74, 6) is -1.35. The minimum Gasteiger partial charge on any atom is -0.508 e. The van der Waals surface area contributed by atoms with Crippen LogP contribution < -0.4 is 10.6 Å². The number of allylic oxidation sites excluding steroid dienone is 1. The molecular formula is C21H21BrN2O5. The maximum atomic E-state index is 12.5. The third-order valence-corrected chi connectivity index (χ3v) is 4.56. The molecule has 0 aliphatic carbocycles. The van der Waals surface area contributed by atoms with Crippen molar-refractivity contribution in [1.29, 1.82) is 0 Å². The van der Waals surface area contributed by atoms with E-state index in [2.05, 4.69) is 31.3 Å². The SMILES string of the molecule is CC/C=C(/NC(=O)c1ccc(C(=O)NCc2cccc(O)c2)cc1Br)C(=O)OC. The molecule has 0 unspecified atom stereocenters. The van der Waals surface area contributed by atoms with E-state index >= 15 is 0 Å². The van der Waals surface area contributed by atoms with Crippen molar-refractivity contribution in [2.45, 2.75) is 19.9 Å². The number of halogens is 1. The maximum Gasteiger partial charge on any atom is 0.354 e. The highest BCUT2D eigenvalue weighted by Crippen LogP contribution is 2.19. The van der Waals surface area contributed by atoms with Gasteiger partial charge in [-0.3, -0.25) is 9.59 Å². The van der Waals surface area contributed by atoms with Crippen LogP contribution in [0.15, 0.2) is 58.7 Å². The number of phenols is 1. The van der Waals surface area contributed by atoms with Crippen molar-refractivity contribution in [2.24, 2.45) is 0 Å². The van der Waals surface area contributed by atoms with Crippen LogP contribution in [0.3, 0.4) is 0 Å². The van der Waals surface area contributed by atoms with Crippen LogP contribution in [0.25, 0.3) is 0 Å². The van der Waals surface area contributed by atoms with Crippen LogP contribution in [0, 0.1) is 0 Å². The second kappa shape index (κ2) is 10.4. The molecule has 0 aliphatic heterocycles. The molecule has 29 heavy (non-hydrogen) atoms. The molecule has 3 N–H and O–H groups in total. The third kappa shape index (κ3) is 6.18. The lowest BCUT2D eigenvalue weighted by molar-refractivity contribution is -0.136. The fourth-order valence-corrected chi connectivity index (χ4v) is 3.04. The number of rotatable bonds is 7. The van der Waals surface area contributed by atoms with E-state index in [-0.39, 0.29) is 29.5 Å². The summed E-state index contributed by atoms with van der Waals surface area (Å²) in [5.41, 5.74) is 1.43. The summed E-state index contributed by atoms with van der Waals surface area (Å²) in [7, 11) is 1.23. The standard InChI is InChI=1S/C21H21BrN2O5/c1-3-5-18(21(28)29-2)24-20(27)16-9-8-14(11-17(16)22)19(26)23-12-13-6-4-7-15(25)10-13/h4-11,25H,3,12H2,1-2H3,(H,23,26)(H,24,27)/b18-5+. The predicted molar refractivity (Wildman–Crippen MR) is 111 cm³/mol. The molecule has 0 bridgehead atoms. The number of nitrogens with one attached hydrogen (secondary N) is 2. The van der Waals surface area contributed by atoms with Gasteiger partial charge >= 0.3 is 5.97 Å². The molecule has 0 radical (unpaired) electrons. The van der Waals surface area contributed by atoms with E-state index in [0.29, 0.717) is 16.5 Å². The van der Waals surface area contributed by atoms with Gasteiger partial charge in [0, 0.05) is 16.6 Å². The molecule has 0 heterocycles. The zero-order valence-corrected chi connectivity index (χ0v) is 17.6. The largest absolute Gasteiger partial charge is 0.508 e. The van der Waals surface area contributed by atoms with Crippen LogP contribution in [-0.4, -0.2) is 30.0 Å². The Labute approximate surface area is 176 Å². The minimum absolute atomic E-state index is 0.0554. The van der Waals surface area contributed by atoms with Gasteiger partial charge in [0.15, 0.2) is 0 Å². The molecule has 0 aliphatic rings. The zero-order valence-electron chi connectivity index (χ0n) is 16.0. The van der Waals surface area contributed by atoms with Crippen molar-refractivity contribution in [1.82, 2.24) is 10.6 Å². The first kappa shape index (κ1) is 22.2. The molecule has 0 saturated heterocycles. The van der Waals surface area contributed by atoms with Crippen molar-refractivity contribution in [2.75, 3.05) is 7.11 Å².